The fourth-order valence-electron chi connectivity index (χ4n) is 4.16. The molecule has 0 aliphatic carbocycles. The molecule has 24 heavy (non-hydrogen) atoms. The van der Waals surface area contributed by atoms with Crippen LogP contribution in [0.5, 0.6) is 0 Å². The minimum atomic E-state index is 0.137. The molecule has 5 rings (SSSR count). The molecule has 1 N–H and O–H groups in total. The molecule has 120 valence electrons. The van der Waals surface area contributed by atoms with Gasteiger partial charge in [-0.1, -0.05) is 34.1 Å². The summed E-state index contributed by atoms with van der Waals surface area (Å²) in [5, 5.41) is 4.98. The third kappa shape index (κ3) is 2.17. The summed E-state index contributed by atoms with van der Waals surface area (Å²) < 4.78 is 7.31. The van der Waals surface area contributed by atoms with Gasteiger partial charge < -0.3 is 10.1 Å². The third-order valence-corrected chi connectivity index (χ3v) is 5.69. The lowest BCUT2D eigenvalue weighted by Crippen LogP contribution is -2.29. The summed E-state index contributed by atoms with van der Waals surface area (Å²) >= 11 is 3.60. The molecule has 1 aromatic heterocycles. The largest absolute Gasteiger partial charge is 0.378 e. The van der Waals surface area contributed by atoms with Crippen LogP contribution in [-0.2, 0) is 4.74 Å². The lowest BCUT2D eigenvalue weighted by Gasteiger charge is -2.37. The average Bonchev–Trinajstić information content (AvgIpc) is 3.10. The number of hydrogen-bond donors (Lipinski definition) is 1. The van der Waals surface area contributed by atoms with E-state index in [1.807, 2.05) is 12.3 Å². The van der Waals surface area contributed by atoms with Crippen molar-refractivity contribution in [2.24, 2.45) is 5.92 Å². The van der Waals surface area contributed by atoms with Crippen molar-refractivity contribution >= 4 is 32.5 Å². The van der Waals surface area contributed by atoms with E-state index in [4.69, 9.17) is 4.74 Å². The van der Waals surface area contributed by atoms with Crippen molar-refractivity contribution in [3.63, 3.8) is 0 Å². The Morgan fingerprint density at radius 2 is 2.08 bits per heavy atom. The Morgan fingerprint density at radius 3 is 3.00 bits per heavy atom. The van der Waals surface area contributed by atoms with Crippen LogP contribution in [0.1, 0.15) is 29.7 Å². The Morgan fingerprint density at radius 1 is 1.12 bits per heavy atom. The highest BCUT2D eigenvalue weighted by atomic mass is 79.9. The van der Waals surface area contributed by atoms with E-state index in [-0.39, 0.29) is 12.1 Å². The first-order valence-electron chi connectivity index (χ1n) is 8.32. The molecule has 3 heterocycles. The fourth-order valence-corrected chi connectivity index (χ4v) is 4.57. The number of nitrogens with one attached hydrogen (secondary N) is 1. The van der Waals surface area contributed by atoms with Crippen molar-refractivity contribution < 1.29 is 4.74 Å². The third-order valence-electron chi connectivity index (χ3n) is 5.20. The maximum Gasteiger partial charge on any atom is 0.0903 e. The SMILES string of the molecule is Brc1cccc([C@H]2Nc3ccc4ncccc4c3[C@@H]3OCC[C@H]23)c1. The van der Waals surface area contributed by atoms with Crippen LogP contribution in [0.3, 0.4) is 0 Å². The summed E-state index contributed by atoms with van der Waals surface area (Å²) in [7, 11) is 0. The molecule has 2 aromatic carbocycles. The lowest BCUT2D eigenvalue weighted by molar-refractivity contribution is 0.0841. The standard InChI is InChI=1S/C20H17BrN2O/c21-13-4-1-3-12(11-13)19-15-8-10-24-20(15)18-14-5-2-9-22-16(14)6-7-17(18)23-19/h1-7,9,11,15,19-20,23H,8,10H2/t15-,19-,20-/m1/s1. The zero-order chi connectivity index (χ0) is 16.1. The quantitative estimate of drug-likeness (QED) is 0.626. The normalized spacial score (nSPS) is 25.1. The van der Waals surface area contributed by atoms with Crippen molar-refractivity contribution in [2.75, 3.05) is 11.9 Å². The van der Waals surface area contributed by atoms with Crippen LogP contribution in [0, 0.1) is 5.92 Å². The second-order valence-electron chi connectivity index (χ2n) is 6.52. The topological polar surface area (TPSA) is 34.2 Å². The van der Waals surface area contributed by atoms with E-state index in [1.54, 1.807) is 0 Å². The minimum Gasteiger partial charge on any atom is -0.378 e. The molecule has 2 aliphatic rings. The number of pyridine rings is 1. The summed E-state index contributed by atoms with van der Waals surface area (Å²) in [6.07, 6.45) is 3.06. The van der Waals surface area contributed by atoms with E-state index in [2.05, 4.69) is 68.7 Å². The molecule has 0 amide bonds. The van der Waals surface area contributed by atoms with Crippen molar-refractivity contribution in [2.45, 2.75) is 18.6 Å². The zero-order valence-corrected chi connectivity index (χ0v) is 14.7. The summed E-state index contributed by atoms with van der Waals surface area (Å²) in [5.41, 5.74) is 4.79. The molecule has 3 nitrogen and oxygen atoms in total. The number of ether oxygens (including phenoxy) is 1. The summed E-state index contributed by atoms with van der Waals surface area (Å²) in [6, 6.07) is 17.3. The predicted octanol–water partition coefficient (Wildman–Crippen LogP) is 5.24. The van der Waals surface area contributed by atoms with Gasteiger partial charge in [-0.15, -0.1) is 0 Å². The Bertz CT molecular complexity index is 926. The van der Waals surface area contributed by atoms with Crippen LogP contribution in [-0.4, -0.2) is 11.6 Å². The molecule has 0 radical (unpaired) electrons. The van der Waals surface area contributed by atoms with E-state index in [0.717, 1.165) is 23.0 Å². The number of aromatic nitrogens is 1. The predicted molar refractivity (Wildman–Crippen MR) is 99.0 cm³/mol. The Labute approximate surface area is 149 Å². The summed E-state index contributed by atoms with van der Waals surface area (Å²) in [6.45, 7) is 0.817. The van der Waals surface area contributed by atoms with Gasteiger partial charge in [-0.25, -0.2) is 0 Å². The Kier molecular flexibility index (Phi) is 3.35. The van der Waals surface area contributed by atoms with Crippen LogP contribution in [0.2, 0.25) is 0 Å². The Balaban J connectivity index is 1.68. The van der Waals surface area contributed by atoms with E-state index >= 15 is 0 Å². The molecule has 0 saturated carbocycles. The van der Waals surface area contributed by atoms with Gasteiger partial charge in [-0.2, -0.15) is 0 Å². The number of nitrogens with zero attached hydrogens (tertiary/aromatic N) is 1. The number of rotatable bonds is 1. The van der Waals surface area contributed by atoms with Gasteiger partial charge in [0.2, 0.25) is 0 Å². The average molecular weight is 381 g/mol. The van der Waals surface area contributed by atoms with E-state index in [1.165, 1.54) is 22.2 Å². The number of anilines is 1. The number of fused-ring (bicyclic) bond motifs is 5. The highest BCUT2D eigenvalue weighted by Crippen LogP contribution is 2.51. The molecule has 4 heteroatoms. The van der Waals surface area contributed by atoms with Crippen molar-refractivity contribution in [3.05, 3.63) is 70.3 Å². The van der Waals surface area contributed by atoms with Gasteiger partial charge in [0.05, 0.1) is 17.7 Å². The van der Waals surface area contributed by atoms with E-state index in [9.17, 15) is 0 Å². The second-order valence-corrected chi connectivity index (χ2v) is 7.43. The van der Waals surface area contributed by atoms with Gasteiger partial charge in [0.1, 0.15) is 0 Å². The highest BCUT2D eigenvalue weighted by molar-refractivity contribution is 9.10. The van der Waals surface area contributed by atoms with Crippen LogP contribution in [0.4, 0.5) is 5.69 Å². The van der Waals surface area contributed by atoms with Crippen molar-refractivity contribution in [3.8, 4) is 0 Å². The van der Waals surface area contributed by atoms with Crippen LogP contribution in [0.15, 0.2) is 59.2 Å². The first-order valence-corrected chi connectivity index (χ1v) is 9.12. The van der Waals surface area contributed by atoms with Gasteiger partial charge >= 0.3 is 0 Å². The summed E-state index contributed by atoms with van der Waals surface area (Å²) in [5.74, 6) is 0.442. The first kappa shape index (κ1) is 14.4. The van der Waals surface area contributed by atoms with Gasteiger partial charge in [0.25, 0.3) is 0 Å². The molecule has 1 fully saturated rings. The molecule has 0 unspecified atom stereocenters. The summed E-state index contributed by atoms with van der Waals surface area (Å²) in [4.78, 5) is 4.50. The number of benzene rings is 2. The van der Waals surface area contributed by atoms with E-state index < -0.39 is 0 Å². The maximum atomic E-state index is 6.19. The van der Waals surface area contributed by atoms with Gasteiger partial charge in [-0.05, 0) is 42.3 Å². The lowest BCUT2D eigenvalue weighted by atomic mass is 9.80. The minimum absolute atomic E-state index is 0.137. The number of hydrogen-bond acceptors (Lipinski definition) is 3. The molecule has 2 aliphatic heterocycles. The maximum absolute atomic E-state index is 6.19. The van der Waals surface area contributed by atoms with Crippen LogP contribution >= 0.6 is 15.9 Å². The smallest absolute Gasteiger partial charge is 0.0903 e. The zero-order valence-electron chi connectivity index (χ0n) is 13.1. The second kappa shape index (κ2) is 5.57. The van der Waals surface area contributed by atoms with E-state index in [0.29, 0.717) is 5.92 Å². The fraction of sp³-hybridized carbons (Fsp3) is 0.250. The van der Waals surface area contributed by atoms with Crippen LogP contribution in [0.25, 0.3) is 10.9 Å². The van der Waals surface area contributed by atoms with Crippen molar-refractivity contribution in [1.29, 1.82) is 0 Å². The monoisotopic (exact) mass is 380 g/mol. The highest BCUT2D eigenvalue weighted by Gasteiger charge is 2.42. The van der Waals surface area contributed by atoms with Gasteiger partial charge in [-0.3, -0.25) is 4.98 Å². The molecule has 3 aromatic rings. The molecular weight excluding hydrogens is 364 g/mol. The Hall–Kier alpha value is -1.91. The molecule has 3 atom stereocenters. The van der Waals surface area contributed by atoms with Gasteiger partial charge in [0.15, 0.2) is 0 Å². The first-order chi connectivity index (χ1) is 11.8. The molecular formula is C20H17BrN2O. The van der Waals surface area contributed by atoms with Crippen LogP contribution < -0.4 is 5.32 Å². The van der Waals surface area contributed by atoms with Gasteiger partial charge in [0, 0.05) is 39.8 Å². The molecule has 0 bridgehead atoms. The number of halogens is 1. The molecule has 1 saturated heterocycles. The van der Waals surface area contributed by atoms with Crippen molar-refractivity contribution in [1.82, 2.24) is 4.98 Å². The molecule has 0 spiro atoms.